The van der Waals surface area contributed by atoms with Gasteiger partial charge in [0, 0.05) is 42.1 Å². The lowest BCUT2D eigenvalue weighted by atomic mass is 9.96. The highest BCUT2D eigenvalue weighted by Gasteiger charge is 2.39. The molecule has 0 bridgehead atoms. The van der Waals surface area contributed by atoms with Crippen molar-refractivity contribution in [3.8, 4) is 0 Å². The van der Waals surface area contributed by atoms with E-state index in [9.17, 15) is 9.59 Å². The number of aromatic nitrogens is 1. The maximum Gasteiger partial charge on any atom is 0.417 e. The number of nitrogens with zero attached hydrogens (tertiary/aromatic N) is 4. The Morgan fingerprint density at radius 3 is 2.47 bits per heavy atom. The summed E-state index contributed by atoms with van der Waals surface area (Å²) in [5, 5.41) is 3.49. The zero-order valence-electron chi connectivity index (χ0n) is 27.0. The van der Waals surface area contributed by atoms with Crippen LogP contribution in [0, 0.1) is 0 Å². The van der Waals surface area contributed by atoms with Crippen LogP contribution in [-0.4, -0.2) is 72.8 Å². The molecule has 0 spiro atoms. The number of rotatable bonds is 8. The molecule has 0 saturated carbocycles. The Kier molecular flexibility index (Phi) is 11.3. The van der Waals surface area contributed by atoms with Gasteiger partial charge in [-0.15, -0.1) is 0 Å². The van der Waals surface area contributed by atoms with Crippen molar-refractivity contribution in [1.82, 2.24) is 14.8 Å². The van der Waals surface area contributed by atoms with Crippen LogP contribution in [0.3, 0.4) is 0 Å². The molecule has 4 rings (SSSR count). The maximum atomic E-state index is 13.7. The molecule has 1 aromatic heterocycles. The van der Waals surface area contributed by atoms with E-state index in [1.165, 1.54) is 11.3 Å². The second-order valence-electron chi connectivity index (χ2n) is 11.5. The van der Waals surface area contributed by atoms with Gasteiger partial charge in [0.25, 0.3) is 5.91 Å². The SMILES string of the molecule is C=CC(=C)/C(=C\C)c1ncc(Nc2ccc(N3CCOCC3)c(CN(C)C)c2)c2c1C(=O)N(C(=O)OC(C)(C)C)C2.CC. The molecule has 0 aliphatic carbocycles. The smallest absolute Gasteiger partial charge is 0.417 e. The summed E-state index contributed by atoms with van der Waals surface area (Å²) in [4.78, 5) is 37.1. The summed E-state index contributed by atoms with van der Waals surface area (Å²) >= 11 is 0. The number of amides is 2. The minimum atomic E-state index is -0.745. The van der Waals surface area contributed by atoms with Crippen molar-refractivity contribution in [3.63, 3.8) is 0 Å². The molecule has 2 aliphatic heterocycles. The van der Waals surface area contributed by atoms with Crippen LogP contribution >= 0.6 is 0 Å². The monoisotopic (exact) mass is 589 g/mol. The largest absolute Gasteiger partial charge is 0.443 e. The molecule has 2 aromatic rings. The number of nitrogens with one attached hydrogen (secondary N) is 1. The third kappa shape index (κ3) is 7.91. The minimum absolute atomic E-state index is 0.0644. The standard InChI is InChI=1S/C32H41N5O4.C2H6/c1-9-21(3)24(10-2)29-28-25(20-37(30(28)38)31(39)41-32(4,5)6)26(18-33-29)34-23-11-12-27(22(17-23)19-35(7)8)36-13-15-40-16-14-36;1-2/h9-12,17-18,34H,1,3,13-16,19-20H2,2,4-8H3;1-2H3/b24-10+;. The molecule has 232 valence electrons. The van der Waals surface area contributed by atoms with Gasteiger partial charge in [0.1, 0.15) is 5.60 Å². The first kappa shape index (κ1) is 33.6. The van der Waals surface area contributed by atoms with Gasteiger partial charge in [-0.3, -0.25) is 9.78 Å². The highest BCUT2D eigenvalue weighted by atomic mass is 16.6. The fourth-order valence-electron chi connectivity index (χ4n) is 5.07. The first-order chi connectivity index (χ1) is 20.4. The van der Waals surface area contributed by atoms with E-state index in [0.29, 0.717) is 46.9 Å². The average Bonchev–Trinajstić information content (AvgIpc) is 3.32. The number of morpholine rings is 1. The molecule has 0 unspecified atom stereocenters. The number of hydrogen-bond donors (Lipinski definition) is 1. The zero-order valence-corrected chi connectivity index (χ0v) is 27.0. The molecule has 2 amide bonds. The quantitative estimate of drug-likeness (QED) is 0.337. The van der Waals surface area contributed by atoms with Crippen molar-refractivity contribution in [3.05, 3.63) is 77.7 Å². The minimum Gasteiger partial charge on any atom is -0.443 e. The van der Waals surface area contributed by atoms with Gasteiger partial charge in [0.15, 0.2) is 0 Å². The molecule has 1 aromatic carbocycles. The van der Waals surface area contributed by atoms with Crippen molar-refractivity contribution >= 4 is 34.6 Å². The number of hydrogen-bond acceptors (Lipinski definition) is 8. The molecule has 1 fully saturated rings. The zero-order chi connectivity index (χ0) is 31.9. The summed E-state index contributed by atoms with van der Waals surface area (Å²) in [6.45, 7) is 23.0. The highest BCUT2D eigenvalue weighted by molar-refractivity contribution is 6.11. The number of anilines is 3. The topological polar surface area (TPSA) is 87.2 Å². The number of carbonyl (C=O) groups excluding carboxylic acids is 2. The van der Waals surface area contributed by atoms with Crippen molar-refractivity contribution in [2.24, 2.45) is 0 Å². The molecule has 43 heavy (non-hydrogen) atoms. The fourth-order valence-corrected chi connectivity index (χ4v) is 5.07. The summed E-state index contributed by atoms with van der Waals surface area (Å²) in [7, 11) is 4.09. The van der Waals surface area contributed by atoms with E-state index in [0.717, 1.165) is 30.2 Å². The molecule has 3 heterocycles. The lowest BCUT2D eigenvalue weighted by Crippen LogP contribution is -2.37. The third-order valence-corrected chi connectivity index (χ3v) is 6.91. The van der Waals surface area contributed by atoms with E-state index in [-0.39, 0.29) is 6.54 Å². The van der Waals surface area contributed by atoms with E-state index in [4.69, 9.17) is 14.5 Å². The van der Waals surface area contributed by atoms with Crippen molar-refractivity contribution in [2.75, 3.05) is 50.6 Å². The Labute approximate surface area is 256 Å². The molecule has 2 aliphatic rings. The molecular weight excluding hydrogens is 542 g/mol. The third-order valence-electron chi connectivity index (χ3n) is 6.91. The van der Waals surface area contributed by atoms with Gasteiger partial charge in [-0.1, -0.05) is 39.2 Å². The van der Waals surface area contributed by atoms with E-state index in [1.54, 1.807) is 33.0 Å². The Morgan fingerprint density at radius 1 is 1.21 bits per heavy atom. The van der Waals surface area contributed by atoms with Crippen LogP contribution < -0.4 is 10.2 Å². The predicted molar refractivity (Wildman–Crippen MR) is 175 cm³/mol. The highest BCUT2D eigenvalue weighted by Crippen LogP contribution is 2.38. The molecular formula is C34H47N5O4. The maximum absolute atomic E-state index is 13.7. The second-order valence-corrected chi connectivity index (χ2v) is 11.5. The number of imide groups is 1. The molecule has 1 saturated heterocycles. The molecule has 1 N–H and O–H groups in total. The Bertz CT molecular complexity index is 1380. The van der Waals surface area contributed by atoms with Crippen molar-refractivity contribution < 1.29 is 19.1 Å². The van der Waals surface area contributed by atoms with Crippen LogP contribution in [0.1, 0.15) is 68.7 Å². The van der Waals surface area contributed by atoms with Gasteiger partial charge < -0.3 is 24.6 Å². The number of benzene rings is 1. The lowest BCUT2D eigenvalue weighted by Gasteiger charge is -2.31. The Balaban J connectivity index is 0.00000248. The normalized spacial score (nSPS) is 15.1. The predicted octanol–water partition coefficient (Wildman–Crippen LogP) is 6.79. The Hall–Kier alpha value is -3.95. The van der Waals surface area contributed by atoms with E-state index in [1.807, 2.05) is 47.0 Å². The average molecular weight is 590 g/mol. The molecule has 0 atom stereocenters. The van der Waals surface area contributed by atoms with Gasteiger partial charge in [-0.2, -0.15) is 0 Å². The van der Waals surface area contributed by atoms with E-state index >= 15 is 0 Å². The molecule has 9 heteroatoms. The Morgan fingerprint density at radius 2 is 1.88 bits per heavy atom. The number of fused-ring (bicyclic) bond motifs is 1. The lowest BCUT2D eigenvalue weighted by molar-refractivity contribution is 0.0248. The van der Waals surface area contributed by atoms with E-state index < -0.39 is 17.6 Å². The number of allylic oxidation sites excluding steroid dienone is 4. The van der Waals surface area contributed by atoms with Crippen LogP contribution in [0.2, 0.25) is 0 Å². The number of pyridine rings is 1. The van der Waals surface area contributed by atoms with Crippen LogP contribution in [0.15, 0.2) is 55.3 Å². The summed E-state index contributed by atoms with van der Waals surface area (Å²) < 4.78 is 11.1. The summed E-state index contributed by atoms with van der Waals surface area (Å²) in [6.07, 6.45) is 4.49. The van der Waals surface area contributed by atoms with Gasteiger partial charge in [0.05, 0.1) is 42.9 Å². The van der Waals surface area contributed by atoms with Crippen molar-refractivity contribution in [1.29, 1.82) is 0 Å². The summed E-state index contributed by atoms with van der Waals surface area (Å²) in [6, 6.07) is 6.28. The molecule has 9 nitrogen and oxygen atoms in total. The van der Waals surface area contributed by atoms with Crippen LogP contribution in [0.5, 0.6) is 0 Å². The van der Waals surface area contributed by atoms with Crippen molar-refractivity contribution in [2.45, 2.75) is 60.2 Å². The van der Waals surface area contributed by atoms with Gasteiger partial charge in [-0.25, -0.2) is 9.69 Å². The summed E-state index contributed by atoms with van der Waals surface area (Å²) in [5.74, 6) is -0.451. The summed E-state index contributed by atoms with van der Waals surface area (Å²) in [5.41, 5.74) is 5.94. The molecule has 0 radical (unpaired) electrons. The van der Waals surface area contributed by atoms with Crippen LogP contribution in [-0.2, 0) is 22.6 Å². The second kappa shape index (κ2) is 14.5. The first-order valence-corrected chi connectivity index (χ1v) is 14.9. The van der Waals surface area contributed by atoms with Gasteiger partial charge in [0.2, 0.25) is 0 Å². The van der Waals surface area contributed by atoms with Gasteiger partial charge >= 0.3 is 6.09 Å². The fraction of sp³-hybridized carbons (Fsp3) is 0.441. The van der Waals surface area contributed by atoms with Gasteiger partial charge in [-0.05, 0) is 71.1 Å². The van der Waals surface area contributed by atoms with Crippen LogP contribution in [0.25, 0.3) is 5.57 Å². The van der Waals surface area contributed by atoms with E-state index in [2.05, 4.69) is 40.4 Å². The van der Waals surface area contributed by atoms with Crippen LogP contribution in [0.4, 0.5) is 21.9 Å². The number of carbonyl (C=O) groups is 2. The first-order valence-electron chi connectivity index (χ1n) is 14.9. The number of ether oxygens (including phenoxy) is 2.